The average Bonchev–Trinajstić information content (AvgIpc) is 2.00. The molecule has 6 heteroatoms. The van der Waals surface area contributed by atoms with Gasteiger partial charge in [-0.3, -0.25) is 4.79 Å². The van der Waals surface area contributed by atoms with Gasteiger partial charge in [-0.15, -0.1) is 0 Å². The smallest absolute Gasteiger partial charge is 0.237 e. The highest BCUT2D eigenvalue weighted by Crippen LogP contribution is 2.09. The Morgan fingerprint density at radius 1 is 1.33 bits per heavy atom. The molecule has 1 aliphatic rings. The van der Waals surface area contributed by atoms with Crippen molar-refractivity contribution in [3.05, 3.63) is 0 Å². The molecule has 0 bridgehead atoms. The first kappa shape index (κ1) is 9.40. The first-order valence-electron chi connectivity index (χ1n) is 3.61. The second-order valence-corrected chi connectivity index (χ2v) is 2.84. The molecule has 12 heavy (non-hydrogen) atoms. The fourth-order valence-electron chi connectivity index (χ4n) is 1.18. The zero-order valence-electron chi connectivity index (χ0n) is 6.34. The Morgan fingerprint density at radius 2 is 1.92 bits per heavy atom. The fraction of sp³-hybridized carbons (Fsp3) is 0.833. The van der Waals surface area contributed by atoms with E-state index in [-0.39, 0.29) is 6.54 Å². The summed E-state index contributed by atoms with van der Waals surface area (Å²) < 4.78 is 0. The van der Waals surface area contributed by atoms with Gasteiger partial charge in [0.25, 0.3) is 0 Å². The monoisotopic (exact) mass is 176 g/mol. The Kier molecular flexibility index (Phi) is 2.63. The largest absolute Gasteiger partial charge is 0.389 e. The predicted molar refractivity (Wildman–Crippen MR) is 39.0 cm³/mol. The number of carbonyl (C=O) groups excluding carboxylic acids is 1. The van der Waals surface area contributed by atoms with Gasteiger partial charge in [0.2, 0.25) is 5.91 Å². The number of aliphatic hydroxyl groups is 3. The Balaban J connectivity index is 2.65. The molecule has 0 radical (unpaired) electrons. The van der Waals surface area contributed by atoms with E-state index >= 15 is 0 Å². The lowest BCUT2D eigenvalue weighted by atomic mass is 9.96. The van der Waals surface area contributed by atoms with E-state index in [1.165, 1.54) is 0 Å². The third-order valence-corrected chi connectivity index (χ3v) is 1.94. The van der Waals surface area contributed by atoms with Gasteiger partial charge in [-0.25, -0.2) is 0 Å². The van der Waals surface area contributed by atoms with E-state index in [1.54, 1.807) is 0 Å². The number of primary amides is 1. The molecule has 1 fully saturated rings. The van der Waals surface area contributed by atoms with Crippen molar-refractivity contribution in [2.45, 2.75) is 24.4 Å². The summed E-state index contributed by atoms with van der Waals surface area (Å²) >= 11 is 0. The summed E-state index contributed by atoms with van der Waals surface area (Å²) in [4.78, 5) is 10.6. The number of hydrogen-bond donors (Lipinski definition) is 5. The third kappa shape index (κ3) is 1.56. The number of nitrogens with one attached hydrogen (secondary N) is 1. The molecular formula is C6H12N2O4. The van der Waals surface area contributed by atoms with E-state index in [1.807, 2.05) is 0 Å². The molecule has 1 aliphatic heterocycles. The van der Waals surface area contributed by atoms with Crippen LogP contribution in [0.3, 0.4) is 0 Å². The van der Waals surface area contributed by atoms with Crippen LogP contribution in [0.2, 0.25) is 0 Å². The topological polar surface area (TPSA) is 116 Å². The molecule has 1 heterocycles. The van der Waals surface area contributed by atoms with Crippen molar-refractivity contribution in [1.29, 1.82) is 0 Å². The number of β-amino-alcohol motifs (C(OH)–C–C–N with tert-alkyl or cyclic N) is 1. The molecule has 0 aliphatic carbocycles. The summed E-state index contributed by atoms with van der Waals surface area (Å²) in [6.07, 6.45) is -3.72. The number of rotatable bonds is 1. The van der Waals surface area contributed by atoms with Gasteiger partial charge in [0.05, 0.1) is 6.10 Å². The van der Waals surface area contributed by atoms with E-state index in [9.17, 15) is 9.90 Å². The third-order valence-electron chi connectivity index (χ3n) is 1.94. The molecule has 4 atom stereocenters. The highest BCUT2D eigenvalue weighted by molar-refractivity contribution is 5.80. The molecule has 0 spiro atoms. The Bertz CT molecular complexity index is 186. The normalized spacial score (nSPS) is 42.6. The SMILES string of the molecule is NC(=O)[C@H]1NC[C@H](O)[C@@H](O)[C@@H]1O. The van der Waals surface area contributed by atoms with Gasteiger partial charge in [0, 0.05) is 6.54 Å². The van der Waals surface area contributed by atoms with Gasteiger partial charge in [-0.2, -0.15) is 0 Å². The van der Waals surface area contributed by atoms with Crippen LogP contribution in [-0.2, 0) is 4.79 Å². The lowest BCUT2D eigenvalue weighted by molar-refractivity contribution is -0.134. The standard InChI is InChI=1S/C6H12N2O4/c7-6(12)3-5(11)4(10)2(9)1-8-3/h2-5,8-11H,1H2,(H2,7,12)/t2-,3-,4+,5+/m0/s1. The molecule has 0 aromatic rings. The molecule has 6 nitrogen and oxygen atoms in total. The molecular weight excluding hydrogens is 164 g/mol. The quantitative estimate of drug-likeness (QED) is 0.284. The lowest BCUT2D eigenvalue weighted by Crippen LogP contribution is -2.63. The molecule has 0 aromatic carbocycles. The molecule has 1 amide bonds. The van der Waals surface area contributed by atoms with Crippen molar-refractivity contribution in [2.75, 3.05) is 6.54 Å². The number of aliphatic hydroxyl groups excluding tert-OH is 3. The maximum absolute atomic E-state index is 10.6. The summed E-state index contributed by atoms with van der Waals surface area (Å²) in [5, 5.41) is 29.9. The second kappa shape index (κ2) is 3.36. The summed E-state index contributed by atoms with van der Waals surface area (Å²) in [5.74, 6) is -0.742. The van der Waals surface area contributed by atoms with Crippen molar-refractivity contribution in [2.24, 2.45) is 5.73 Å². The van der Waals surface area contributed by atoms with Crippen molar-refractivity contribution >= 4 is 5.91 Å². The van der Waals surface area contributed by atoms with Crippen molar-refractivity contribution in [3.8, 4) is 0 Å². The Labute approximate surface area is 69.0 Å². The number of hydrogen-bond acceptors (Lipinski definition) is 5. The molecule has 70 valence electrons. The number of carbonyl (C=O) groups is 1. The van der Waals surface area contributed by atoms with Crippen molar-refractivity contribution in [3.63, 3.8) is 0 Å². The van der Waals surface area contributed by atoms with Gasteiger partial charge in [-0.1, -0.05) is 0 Å². The fourth-order valence-corrected chi connectivity index (χ4v) is 1.18. The van der Waals surface area contributed by atoms with E-state index in [0.717, 1.165) is 0 Å². The first-order chi connectivity index (χ1) is 5.54. The minimum absolute atomic E-state index is 0.0475. The van der Waals surface area contributed by atoms with E-state index < -0.39 is 30.3 Å². The van der Waals surface area contributed by atoms with Gasteiger partial charge in [0.15, 0.2) is 0 Å². The molecule has 6 N–H and O–H groups in total. The summed E-state index contributed by atoms with van der Waals surface area (Å²) in [7, 11) is 0. The van der Waals surface area contributed by atoms with Gasteiger partial charge in [-0.05, 0) is 0 Å². The Morgan fingerprint density at radius 3 is 2.42 bits per heavy atom. The maximum Gasteiger partial charge on any atom is 0.237 e. The summed E-state index contributed by atoms with van der Waals surface area (Å²) in [5.41, 5.74) is 4.91. The lowest BCUT2D eigenvalue weighted by Gasteiger charge is -2.34. The van der Waals surface area contributed by atoms with Crippen molar-refractivity contribution < 1.29 is 20.1 Å². The number of amides is 1. The molecule has 0 aromatic heterocycles. The highest BCUT2D eigenvalue weighted by atomic mass is 16.4. The van der Waals surface area contributed by atoms with Crippen LogP contribution in [0, 0.1) is 0 Å². The summed E-state index contributed by atoms with van der Waals surface area (Å²) in [6, 6.07) is -0.983. The van der Waals surface area contributed by atoms with E-state index in [2.05, 4.69) is 5.32 Å². The second-order valence-electron chi connectivity index (χ2n) is 2.84. The number of piperidine rings is 1. The number of nitrogens with two attached hydrogens (primary N) is 1. The van der Waals surface area contributed by atoms with E-state index in [4.69, 9.17) is 15.9 Å². The van der Waals surface area contributed by atoms with Crippen molar-refractivity contribution in [1.82, 2.24) is 5.32 Å². The van der Waals surface area contributed by atoms with Crippen LogP contribution < -0.4 is 11.1 Å². The van der Waals surface area contributed by atoms with Crippen LogP contribution in [0.25, 0.3) is 0 Å². The molecule has 1 rings (SSSR count). The van der Waals surface area contributed by atoms with Crippen LogP contribution in [0.5, 0.6) is 0 Å². The van der Waals surface area contributed by atoms with E-state index in [0.29, 0.717) is 0 Å². The zero-order chi connectivity index (χ0) is 9.30. The minimum Gasteiger partial charge on any atom is -0.389 e. The zero-order valence-corrected chi connectivity index (χ0v) is 6.34. The molecule has 0 unspecified atom stereocenters. The van der Waals surface area contributed by atoms with Gasteiger partial charge < -0.3 is 26.4 Å². The predicted octanol–water partition coefficient (Wildman–Crippen LogP) is -3.47. The van der Waals surface area contributed by atoms with Gasteiger partial charge in [0.1, 0.15) is 18.2 Å². The minimum atomic E-state index is -1.34. The van der Waals surface area contributed by atoms with Crippen LogP contribution in [-0.4, -0.2) is 52.1 Å². The Hall–Kier alpha value is -0.690. The van der Waals surface area contributed by atoms with Crippen LogP contribution >= 0.6 is 0 Å². The molecule has 0 saturated carbocycles. The summed E-state index contributed by atoms with van der Waals surface area (Å²) in [6.45, 7) is 0.0475. The van der Waals surface area contributed by atoms with Crippen LogP contribution in [0.15, 0.2) is 0 Å². The molecule has 1 saturated heterocycles. The van der Waals surface area contributed by atoms with Gasteiger partial charge >= 0.3 is 0 Å². The first-order valence-corrected chi connectivity index (χ1v) is 3.61. The maximum atomic E-state index is 10.6. The highest BCUT2D eigenvalue weighted by Gasteiger charge is 2.38. The average molecular weight is 176 g/mol. The van der Waals surface area contributed by atoms with Crippen LogP contribution in [0.1, 0.15) is 0 Å². The van der Waals surface area contributed by atoms with Crippen LogP contribution in [0.4, 0.5) is 0 Å².